The van der Waals surface area contributed by atoms with Crippen molar-refractivity contribution in [3.63, 3.8) is 0 Å². The Hall–Kier alpha value is -0.890. The van der Waals surface area contributed by atoms with Crippen LogP contribution < -0.4 is 5.32 Å². The molecule has 0 spiro atoms. The SMILES string of the molecule is CCOC(OC)O[C@H]([C@H](CC1CCCCC1)NC(=O)OC(C)(C)C)[C@@H](O)CC. The number of ether oxygens (including phenoxy) is 4. The zero-order valence-corrected chi connectivity index (χ0v) is 18.5. The van der Waals surface area contributed by atoms with Gasteiger partial charge in [-0.2, -0.15) is 0 Å². The first-order valence-corrected chi connectivity index (χ1v) is 10.7. The topological polar surface area (TPSA) is 86.2 Å². The molecule has 0 radical (unpaired) electrons. The summed E-state index contributed by atoms with van der Waals surface area (Å²) in [6.45, 7) is 8.73. The number of methoxy groups -OCH3 is 1. The molecule has 0 saturated heterocycles. The van der Waals surface area contributed by atoms with Crippen molar-refractivity contribution >= 4 is 6.09 Å². The number of alkyl carbamates (subject to hydrolysis) is 1. The molecule has 7 heteroatoms. The molecule has 0 aliphatic heterocycles. The molecule has 2 N–H and O–H groups in total. The smallest absolute Gasteiger partial charge is 0.407 e. The van der Waals surface area contributed by atoms with Crippen LogP contribution in [0.4, 0.5) is 4.79 Å². The summed E-state index contributed by atoms with van der Waals surface area (Å²) < 4.78 is 22.1. The highest BCUT2D eigenvalue weighted by Gasteiger charge is 2.35. The quantitative estimate of drug-likeness (QED) is 0.508. The maximum absolute atomic E-state index is 12.5. The summed E-state index contributed by atoms with van der Waals surface area (Å²) in [7, 11) is 1.49. The summed E-state index contributed by atoms with van der Waals surface area (Å²) in [5.74, 6) is 0.483. The third-order valence-corrected chi connectivity index (χ3v) is 4.97. The maximum Gasteiger partial charge on any atom is 0.407 e. The minimum absolute atomic E-state index is 0.397. The van der Waals surface area contributed by atoms with Crippen molar-refractivity contribution in [3.8, 4) is 0 Å². The third kappa shape index (κ3) is 9.54. The second-order valence-corrected chi connectivity index (χ2v) is 8.55. The van der Waals surface area contributed by atoms with Gasteiger partial charge in [0.2, 0.25) is 0 Å². The van der Waals surface area contributed by atoms with Crippen molar-refractivity contribution in [2.75, 3.05) is 13.7 Å². The minimum atomic E-state index is -0.898. The average molecular weight is 404 g/mol. The number of rotatable bonds is 11. The van der Waals surface area contributed by atoms with Gasteiger partial charge in [0.05, 0.1) is 12.1 Å². The maximum atomic E-state index is 12.5. The molecule has 1 amide bonds. The molecular formula is C21H41NO6. The van der Waals surface area contributed by atoms with Gasteiger partial charge in [-0.05, 0) is 46.5 Å². The monoisotopic (exact) mass is 403 g/mol. The molecule has 7 nitrogen and oxygen atoms in total. The Labute approximate surface area is 170 Å². The van der Waals surface area contributed by atoms with E-state index in [1.807, 2.05) is 34.6 Å². The van der Waals surface area contributed by atoms with Gasteiger partial charge in [-0.25, -0.2) is 4.79 Å². The first-order chi connectivity index (χ1) is 13.2. The van der Waals surface area contributed by atoms with Crippen LogP contribution in [-0.4, -0.2) is 55.2 Å². The Morgan fingerprint density at radius 3 is 2.32 bits per heavy atom. The van der Waals surface area contributed by atoms with Crippen molar-refractivity contribution in [1.29, 1.82) is 0 Å². The van der Waals surface area contributed by atoms with E-state index in [2.05, 4.69) is 5.32 Å². The summed E-state index contributed by atoms with van der Waals surface area (Å²) in [6, 6.07) is -0.397. The van der Waals surface area contributed by atoms with Crippen LogP contribution in [-0.2, 0) is 18.9 Å². The molecular weight excluding hydrogens is 362 g/mol. The lowest BCUT2D eigenvalue weighted by molar-refractivity contribution is -0.306. The van der Waals surface area contributed by atoms with E-state index in [4.69, 9.17) is 18.9 Å². The van der Waals surface area contributed by atoms with E-state index in [0.717, 1.165) is 19.3 Å². The Bertz CT molecular complexity index is 433. The van der Waals surface area contributed by atoms with E-state index in [1.165, 1.54) is 26.4 Å². The van der Waals surface area contributed by atoms with E-state index in [0.29, 0.717) is 18.9 Å². The standard InChI is InChI=1S/C21H41NO6/c1-7-17(23)18(27-20(25-6)26-8-2)16(14-15-12-10-9-11-13-15)22-19(24)28-21(3,4)5/h15-18,20,23H,7-14H2,1-6H3,(H,22,24)/t16-,17-,18+,20?/m0/s1. The van der Waals surface area contributed by atoms with E-state index in [-0.39, 0.29) is 0 Å². The molecule has 1 unspecified atom stereocenters. The zero-order chi connectivity index (χ0) is 21.2. The van der Waals surface area contributed by atoms with Gasteiger partial charge in [0.15, 0.2) is 0 Å². The van der Waals surface area contributed by atoms with Crippen molar-refractivity contribution in [2.24, 2.45) is 5.92 Å². The molecule has 28 heavy (non-hydrogen) atoms. The predicted octanol–water partition coefficient (Wildman–Crippen LogP) is 3.97. The van der Waals surface area contributed by atoms with Crippen LogP contribution in [0.25, 0.3) is 0 Å². The van der Waals surface area contributed by atoms with Gasteiger partial charge in [0.25, 0.3) is 6.48 Å². The second kappa shape index (κ2) is 12.6. The molecule has 1 fully saturated rings. The van der Waals surface area contributed by atoms with Crippen LogP contribution in [0.2, 0.25) is 0 Å². The Balaban J connectivity index is 2.97. The highest BCUT2D eigenvalue weighted by molar-refractivity contribution is 5.68. The van der Waals surface area contributed by atoms with Crippen LogP contribution in [0.5, 0.6) is 0 Å². The van der Waals surface area contributed by atoms with Crippen LogP contribution in [0.1, 0.15) is 79.6 Å². The summed E-state index contributed by atoms with van der Waals surface area (Å²) >= 11 is 0. The van der Waals surface area contributed by atoms with Gasteiger partial charge >= 0.3 is 6.09 Å². The number of carbonyl (C=O) groups is 1. The number of carbonyl (C=O) groups excluding carboxylic acids is 1. The molecule has 1 saturated carbocycles. The Morgan fingerprint density at radius 2 is 1.82 bits per heavy atom. The first-order valence-electron chi connectivity index (χ1n) is 10.7. The average Bonchev–Trinajstić information content (AvgIpc) is 2.63. The normalized spacial score (nSPS) is 20.2. The highest BCUT2D eigenvalue weighted by Crippen LogP contribution is 2.29. The Morgan fingerprint density at radius 1 is 1.18 bits per heavy atom. The van der Waals surface area contributed by atoms with Gasteiger partial charge in [-0.1, -0.05) is 39.0 Å². The fourth-order valence-electron chi connectivity index (χ4n) is 3.63. The molecule has 0 bridgehead atoms. The fraction of sp³-hybridized carbons (Fsp3) is 0.952. The molecule has 0 aromatic heterocycles. The first kappa shape index (κ1) is 25.1. The number of amides is 1. The number of hydrogen-bond acceptors (Lipinski definition) is 6. The third-order valence-electron chi connectivity index (χ3n) is 4.97. The largest absolute Gasteiger partial charge is 0.444 e. The lowest BCUT2D eigenvalue weighted by Crippen LogP contribution is -2.53. The van der Waals surface area contributed by atoms with Gasteiger partial charge < -0.3 is 29.4 Å². The highest BCUT2D eigenvalue weighted by atomic mass is 16.8. The van der Waals surface area contributed by atoms with Gasteiger partial charge in [-0.15, -0.1) is 0 Å². The van der Waals surface area contributed by atoms with Crippen molar-refractivity contribution in [2.45, 2.75) is 110 Å². The molecule has 0 heterocycles. The molecule has 0 aromatic rings. The zero-order valence-electron chi connectivity index (χ0n) is 18.5. The molecule has 1 aliphatic carbocycles. The fourth-order valence-corrected chi connectivity index (χ4v) is 3.63. The van der Waals surface area contributed by atoms with Crippen molar-refractivity contribution < 1.29 is 28.8 Å². The lowest BCUT2D eigenvalue weighted by Gasteiger charge is -2.36. The number of nitrogens with one attached hydrogen (secondary N) is 1. The number of aliphatic hydroxyl groups is 1. The Kier molecular flexibility index (Phi) is 11.3. The van der Waals surface area contributed by atoms with Gasteiger partial charge in [0, 0.05) is 13.7 Å². The summed E-state index contributed by atoms with van der Waals surface area (Å²) in [5, 5.41) is 13.6. The lowest BCUT2D eigenvalue weighted by atomic mass is 9.83. The molecule has 1 aliphatic rings. The molecule has 166 valence electrons. The minimum Gasteiger partial charge on any atom is -0.444 e. The van der Waals surface area contributed by atoms with Crippen molar-refractivity contribution in [1.82, 2.24) is 5.32 Å². The van der Waals surface area contributed by atoms with E-state index in [1.54, 1.807) is 0 Å². The van der Waals surface area contributed by atoms with Crippen LogP contribution in [0.15, 0.2) is 0 Å². The molecule has 1 rings (SSSR count). The summed E-state index contributed by atoms with van der Waals surface area (Å²) in [6.07, 6.45) is 5.20. The van der Waals surface area contributed by atoms with E-state index in [9.17, 15) is 9.90 Å². The van der Waals surface area contributed by atoms with Gasteiger partial charge in [-0.3, -0.25) is 0 Å². The number of hydrogen-bond donors (Lipinski definition) is 2. The van der Waals surface area contributed by atoms with Crippen molar-refractivity contribution in [3.05, 3.63) is 0 Å². The second-order valence-electron chi connectivity index (χ2n) is 8.55. The van der Waals surface area contributed by atoms with E-state index < -0.39 is 36.4 Å². The predicted molar refractivity (Wildman–Crippen MR) is 108 cm³/mol. The van der Waals surface area contributed by atoms with Crippen LogP contribution >= 0.6 is 0 Å². The molecule has 0 aromatic carbocycles. The van der Waals surface area contributed by atoms with E-state index >= 15 is 0 Å². The van der Waals surface area contributed by atoms with Gasteiger partial charge in [0.1, 0.15) is 11.7 Å². The summed E-state index contributed by atoms with van der Waals surface area (Å²) in [4.78, 5) is 12.5. The summed E-state index contributed by atoms with van der Waals surface area (Å²) in [5.41, 5.74) is -0.598. The molecule has 4 atom stereocenters. The number of aliphatic hydroxyl groups excluding tert-OH is 1. The van der Waals surface area contributed by atoms with Crippen LogP contribution in [0, 0.1) is 5.92 Å². The van der Waals surface area contributed by atoms with Crippen LogP contribution in [0.3, 0.4) is 0 Å².